The Morgan fingerprint density at radius 1 is 1.50 bits per heavy atom. The average Bonchev–Trinajstić information content (AvgIpc) is 2.61. The second-order valence-corrected chi connectivity index (χ2v) is 4.04. The molecule has 6 nitrogen and oxygen atoms in total. The molecule has 16 heavy (non-hydrogen) atoms. The van der Waals surface area contributed by atoms with Crippen molar-refractivity contribution in [3.8, 4) is 0 Å². The van der Waals surface area contributed by atoms with Crippen molar-refractivity contribution in [2.75, 3.05) is 19.7 Å². The number of carbonyl (C=O) groups is 2. The first-order valence-corrected chi connectivity index (χ1v) is 5.57. The largest absolute Gasteiger partial charge is 0.396 e. The van der Waals surface area contributed by atoms with Crippen LogP contribution in [0.15, 0.2) is 0 Å². The molecule has 1 rings (SSSR count). The zero-order valence-corrected chi connectivity index (χ0v) is 9.32. The topological polar surface area (TPSA) is 95.7 Å². The minimum atomic E-state index is -0.809. The maximum Gasteiger partial charge on any atom is 0.318 e. The fourth-order valence-electron chi connectivity index (χ4n) is 2.12. The summed E-state index contributed by atoms with van der Waals surface area (Å²) in [4.78, 5) is 23.8. The van der Waals surface area contributed by atoms with Crippen LogP contribution >= 0.6 is 0 Å². The summed E-state index contributed by atoms with van der Waals surface area (Å²) in [5.41, 5.74) is 4.86. The number of nitrogens with zero attached hydrogens (tertiary/aromatic N) is 1. The van der Waals surface area contributed by atoms with Crippen LogP contribution in [0.25, 0.3) is 0 Å². The number of nitrogens with one attached hydrogen (secondary N) is 1. The lowest BCUT2D eigenvalue weighted by molar-refractivity contribution is -0.121. The standard InChI is InChI=1S/C10H19N3O3/c11-10(16)12-9(15)7-13-5-1-3-8(13)4-2-6-14/h8,14H,1-7H2,(H3,11,12,15,16). The fraction of sp³-hybridized carbons (Fsp3) is 0.800. The molecule has 0 aromatic heterocycles. The predicted molar refractivity (Wildman–Crippen MR) is 58.6 cm³/mol. The van der Waals surface area contributed by atoms with Gasteiger partial charge >= 0.3 is 6.03 Å². The van der Waals surface area contributed by atoms with Crippen molar-refractivity contribution in [1.29, 1.82) is 0 Å². The van der Waals surface area contributed by atoms with Crippen molar-refractivity contribution in [2.45, 2.75) is 31.7 Å². The van der Waals surface area contributed by atoms with Crippen molar-refractivity contribution in [1.82, 2.24) is 10.2 Å². The van der Waals surface area contributed by atoms with Gasteiger partial charge in [-0.05, 0) is 32.2 Å². The zero-order valence-electron chi connectivity index (χ0n) is 9.32. The zero-order chi connectivity index (χ0) is 12.0. The summed E-state index contributed by atoms with van der Waals surface area (Å²) < 4.78 is 0. The molecule has 1 heterocycles. The van der Waals surface area contributed by atoms with E-state index in [0.717, 1.165) is 32.2 Å². The second-order valence-electron chi connectivity index (χ2n) is 4.04. The van der Waals surface area contributed by atoms with E-state index in [9.17, 15) is 9.59 Å². The van der Waals surface area contributed by atoms with Crippen LogP contribution in [0.2, 0.25) is 0 Å². The van der Waals surface area contributed by atoms with Crippen LogP contribution in [0.5, 0.6) is 0 Å². The highest BCUT2D eigenvalue weighted by Crippen LogP contribution is 2.20. The molecule has 6 heteroatoms. The molecule has 1 fully saturated rings. The number of nitrogens with two attached hydrogens (primary N) is 1. The Morgan fingerprint density at radius 3 is 2.88 bits per heavy atom. The van der Waals surface area contributed by atoms with E-state index in [2.05, 4.69) is 5.32 Å². The molecular formula is C10H19N3O3. The van der Waals surface area contributed by atoms with E-state index in [4.69, 9.17) is 10.8 Å². The van der Waals surface area contributed by atoms with Gasteiger partial charge in [0.15, 0.2) is 0 Å². The molecule has 0 saturated carbocycles. The minimum absolute atomic E-state index is 0.178. The van der Waals surface area contributed by atoms with Crippen molar-refractivity contribution >= 4 is 11.9 Å². The van der Waals surface area contributed by atoms with Gasteiger partial charge in [-0.2, -0.15) is 0 Å². The number of primary amides is 1. The first-order valence-electron chi connectivity index (χ1n) is 5.57. The molecule has 0 aromatic carbocycles. The van der Waals surface area contributed by atoms with Crippen molar-refractivity contribution in [2.24, 2.45) is 5.73 Å². The molecule has 1 saturated heterocycles. The second kappa shape index (κ2) is 6.44. The molecule has 0 radical (unpaired) electrons. The van der Waals surface area contributed by atoms with E-state index in [1.165, 1.54) is 0 Å². The highest BCUT2D eigenvalue weighted by atomic mass is 16.3. The number of amides is 3. The molecular weight excluding hydrogens is 210 g/mol. The van der Waals surface area contributed by atoms with Crippen LogP contribution in [0, 0.1) is 0 Å². The minimum Gasteiger partial charge on any atom is -0.396 e. The van der Waals surface area contributed by atoms with E-state index in [0.29, 0.717) is 6.04 Å². The summed E-state index contributed by atoms with van der Waals surface area (Å²) in [6, 6.07) is -0.470. The van der Waals surface area contributed by atoms with Gasteiger partial charge in [0.05, 0.1) is 6.54 Å². The Hall–Kier alpha value is -1.14. The number of hydrogen-bond acceptors (Lipinski definition) is 4. The fourth-order valence-corrected chi connectivity index (χ4v) is 2.12. The van der Waals surface area contributed by atoms with E-state index < -0.39 is 6.03 Å². The van der Waals surface area contributed by atoms with Crippen LogP contribution in [-0.4, -0.2) is 47.7 Å². The number of likely N-dealkylation sites (tertiary alicyclic amines) is 1. The van der Waals surface area contributed by atoms with Gasteiger partial charge in [0.2, 0.25) is 5.91 Å². The van der Waals surface area contributed by atoms with Gasteiger partial charge < -0.3 is 10.8 Å². The lowest BCUT2D eigenvalue weighted by Gasteiger charge is -2.23. The third-order valence-electron chi connectivity index (χ3n) is 2.80. The molecule has 0 aromatic rings. The molecule has 1 unspecified atom stereocenters. The van der Waals surface area contributed by atoms with E-state index >= 15 is 0 Å². The van der Waals surface area contributed by atoms with Gasteiger partial charge in [-0.3, -0.25) is 15.0 Å². The Bertz CT molecular complexity index is 258. The number of carbonyl (C=O) groups excluding carboxylic acids is 2. The van der Waals surface area contributed by atoms with Crippen LogP contribution in [0.4, 0.5) is 4.79 Å². The quantitative estimate of drug-likeness (QED) is 0.587. The molecule has 1 aliphatic heterocycles. The summed E-state index contributed by atoms with van der Waals surface area (Å²) in [5.74, 6) is -0.358. The van der Waals surface area contributed by atoms with E-state index in [-0.39, 0.29) is 19.1 Å². The highest BCUT2D eigenvalue weighted by molar-refractivity contribution is 5.94. The predicted octanol–water partition coefficient (Wildman–Crippen LogP) is -0.582. The van der Waals surface area contributed by atoms with Crippen molar-refractivity contribution in [3.05, 3.63) is 0 Å². The van der Waals surface area contributed by atoms with Crippen LogP contribution < -0.4 is 11.1 Å². The van der Waals surface area contributed by atoms with Crippen molar-refractivity contribution in [3.63, 3.8) is 0 Å². The highest BCUT2D eigenvalue weighted by Gasteiger charge is 2.25. The third kappa shape index (κ3) is 4.16. The Labute approximate surface area is 94.8 Å². The van der Waals surface area contributed by atoms with Gasteiger partial charge in [-0.25, -0.2) is 4.79 Å². The Balaban J connectivity index is 2.34. The molecule has 0 aliphatic carbocycles. The number of aliphatic hydroxyl groups is 1. The lowest BCUT2D eigenvalue weighted by atomic mass is 10.1. The van der Waals surface area contributed by atoms with E-state index in [1.807, 2.05) is 4.90 Å². The SMILES string of the molecule is NC(=O)NC(=O)CN1CCCC1CCCO. The number of imide groups is 1. The maximum absolute atomic E-state index is 11.3. The Kier molecular flexibility index (Phi) is 5.21. The Morgan fingerprint density at radius 2 is 2.25 bits per heavy atom. The van der Waals surface area contributed by atoms with Gasteiger partial charge in [0.1, 0.15) is 0 Å². The summed E-state index contributed by atoms with van der Waals surface area (Å²) >= 11 is 0. The molecule has 4 N–H and O–H groups in total. The molecule has 0 bridgehead atoms. The lowest BCUT2D eigenvalue weighted by Crippen LogP contribution is -2.43. The summed E-state index contributed by atoms with van der Waals surface area (Å²) in [7, 11) is 0. The summed E-state index contributed by atoms with van der Waals surface area (Å²) in [5, 5.41) is 10.8. The summed E-state index contributed by atoms with van der Waals surface area (Å²) in [6.07, 6.45) is 3.74. The normalized spacial score (nSPS) is 20.9. The van der Waals surface area contributed by atoms with Gasteiger partial charge in [-0.15, -0.1) is 0 Å². The van der Waals surface area contributed by atoms with Crippen LogP contribution in [0.3, 0.4) is 0 Å². The third-order valence-corrected chi connectivity index (χ3v) is 2.80. The van der Waals surface area contributed by atoms with Crippen molar-refractivity contribution < 1.29 is 14.7 Å². The summed E-state index contributed by atoms with van der Waals surface area (Å²) in [6.45, 7) is 1.25. The smallest absolute Gasteiger partial charge is 0.318 e. The van der Waals surface area contributed by atoms with Crippen LogP contribution in [-0.2, 0) is 4.79 Å². The monoisotopic (exact) mass is 229 g/mol. The number of aliphatic hydroxyl groups excluding tert-OH is 1. The van der Waals surface area contributed by atoms with Gasteiger partial charge in [0.25, 0.3) is 0 Å². The first kappa shape index (κ1) is 12.9. The van der Waals surface area contributed by atoms with E-state index in [1.54, 1.807) is 0 Å². The molecule has 92 valence electrons. The first-order chi connectivity index (χ1) is 7.63. The molecule has 0 spiro atoms. The number of urea groups is 1. The number of rotatable bonds is 5. The maximum atomic E-state index is 11.3. The van der Waals surface area contributed by atoms with Gasteiger partial charge in [-0.1, -0.05) is 0 Å². The van der Waals surface area contributed by atoms with Crippen LogP contribution in [0.1, 0.15) is 25.7 Å². The number of hydrogen-bond donors (Lipinski definition) is 3. The molecule has 1 atom stereocenters. The molecule has 3 amide bonds. The van der Waals surface area contributed by atoms with Gasteiger partial charge in [0, 0.05) is 12.6 Å². The molecule has 1 aliphatic rings. The average molecular weight is 229 g/mol.